The third-order valence-electron chi connectivity index (χ3n) is 3.22. The van der Waals surface area contributed by atoms with Crippen molar-refractivity contribution in [3.05, 3.63) is 42.0 Å². The van der Waals surface area contributed by atoms with Crippen molar-refractivity contribution in [3.8, 4) is 5.75 Å². The zero-order chi connectivity index (χ0) is 15.2. The van der Waals surface area contributed by atoms with Crippen LogP contribution < -0.4 is 15.8 Å². The molecule has 0 aliphatic heterocycles. The second kappa shape index (κ2) is 6.74. The van der Waals surface area contributed by atoms with Crippen LogP contribution in [0.5, 0.6) is 5.75 Å². The number of rotatable bonds is 6. The van der Waals surface area contributed by atoms with E-state index in [0.29, 0.717) is 0 Å². The summed E-state index contributed by atoms with van der Waals surface area (Å²) in [6, 6.07) is 11.6. The molecule has 0 fully saturated rings. The number of ether oxygens (including phenoxy) is 1. The number of nitrogens with one attached hydrogen (secondary N) is 1. The molecule has 5 heteroatoms. The molecule has 5 nitrogen and oxygen atoms in total. The van der Waals surface area contributed by atoms with Crippen molar-refractivity contribution >= 4 is 22.6 Å². The van der Waals surface area contributed by atoms with Gasteiger partial charge in [-0.1, -0.05) is 24.3 Å². The van der Waals surface area contributed by atoms with Gasteiger partial charge in [0.15, 0.2) is 0 Å². The van der Waals surface area contributed by atoms with Crippen LogP contribution >= 0.6 is 0 Å². The van der Waals surface area contributed by atoms with E-state index in [4.69, 9.17) is 10.5 Å². The zero-order valence-electron chi connectivity index (χ0n) is 11.9. The van der Waals surface area contributed by atoms with E-state index in [9.17, 15) is 9.59 Å². The number of benzene rings is 2. The lowest BCUT2D eigenvalue weighted by Gasteiger charge is -2.09. The van der Waals surface area contributed by atoms with Crippen LogP contribution in [-0.2, 0) is 16.0 Å². The van der Waals surface area contributed by atoms with E-state index in [0.717, 1.165) is 22.1 Å². The minimum Gasteiger partial charge on any atom is -0.497 e. The van der Waals surface area contributed by atoms with Gasteiger partial charge in [-0.15, -0.1) is 0 Å². The van der Waals surface area contributed by atoms with Crippen molar-refractivity contribution in [2.75, 3.05) is 13.7 Å². The first-order valence-corrected chi connectivity index (χ1v) is 6.71. The fraction of sp³-hybridized carbons (Fsp3) is 0.250. The fourth-order valence-electron chi connectivity index (χ4n) is 2.16. The van der Waals surface area contributed by atoms with Crippen LogP contribution in [0.1, 0.15) is 12.0 Å². The highest BCUT2D eigenvalue weighted by Gasteiger charge is 2.08. The lowest BCUT2D eigenvalue weighted by molar-refractivity contribution is -0.120. The van der Waals surface area contributed by atoms with Gasteiger partial charge in [-0.2, -0.15) is 0 Å². The molecule has 0 saturated carbocycles. The molecule has 110 valence electrons. The first-order chi connectivity index (χ1) is 10.1. The summed E-state index contributed by atoms with van der Waals surface area (Å²) in [6.07, 6.45) is 0.401. The maximum Gasteiger partial charge on any atom is 0.224 e. The Morgan fingerprint density at radius 3 is 2.76 bits per heavy atom. The summed E-state index contributed by atoms with van der Waals surface area (Å²) in [4.78, 5) is 22.5. The molecule has 2 aromatic rings. The van der Waals surface area contributed by atoms with Gasteiger partial charge in [-0.25, -0.2) is 0 Å². The van der Waals surface area contributed by atoms with Crippen LogP contribution in [0, 0.1) is 0 Å². The smallest absolute Gasteiger partial charge is 0.224 e. The Bertz CT molecular complexity index is 668. The van der Waals surface area contributed by atoms with Crippen LogP contribution in [0.4, 0.5) is 0 Å². The maximum absolute atomic E-state index is 11.9. The Morgan fingerprint density at radius 2 is 2.05 bits per heavy atom. The zero-order valence-corrected chi connectivity index (χ0v) is 11.9. The summed E-state index contributed by atoms with van der Waals surface area (Å²) in [5.74, 6) is 0.195. The number of fused-ring (bicyclic) bond motifs is 1. The predicted molar refractivity (Wildman–Crippen MR) is 81.0 cm³/mol. The Labute approximate surface area is 123 Å². The summed E-state index contributed by atoms with van der Waals surface area (Å²) in [6.45, 7) is 0.266. The molecule has 2 amide bonds. The van der Waals surface area contributed by atoms with Gasteiger partial charge in [0.05, 0.1) is 13.5 Å². The molecule has 0 aliphatic rings. The third-order valence-corrected chi connectivity index (χ3v) is 3.22. The van der Waals surface area contributed by atoms with Crippen LogP contribution in [0.2, 0.25) is 0 Å². The van der Waals surface area contributed by atoms with Gasteiger partial charge in [0.2, 0.25) is 11.8 Å². The van der Waals surface area contributed by atoms with Crippen molar-refractivity contribution in [2.24, 2.45) is 5.73 Å². The number of nitrogens with two attached hydrogens (primary N) is 1. The maximum atomic E-state index is 11.9. The first kappa shape index (κ1) is 14.8. The van der Waals surface area contributed by atoms with E-state index >= 15 is 0 Å². The summed E-state index contributed by atoms with van der Waals surface area (Å²) in [5, 5.41) is 4.73. The molecule has 2 rings (SSSR count). The summed E-state index contributed by atoms with van der Waals surface area (Å²) >= 11 is 0. The van der Waals surface area contributed by atoms with Crippen LogP contribution in [0.15, 0.2) is 36.4 Å². The minimum atomic E-state index is -0.426. The SMILES string of the molecule is COc1ccc2cccc(CC(=O)NCCC(N)=O)c2c1. The van der Waals surface area contributed by atoms with Gasteiger partial charge in [-0.3, -0.25) is 9.59 Å². The average molecular weight is 286 g/mol. The molecule has 0 heterocycles. The number of methoxy groups -OCH3 is 1. The van der Waals surface area contributed by atoms with Crippen molar-refractivity contribution in [1.29, 1.82) is 0 Å². The summed E-state index contributed by atoms with van der Waals surface area (Å²) in [5.41, 5.74) is 5.95. The fourth-order valence-corrected chi connectivity index (χ4v) is 2.16. The van der Waals surface area contributed by atoms with Gasteiger partial charge in [-0.05, 0) is 28.5 Å². The predicted octanol–water partition coefficient (Wildman–Crippen LogP) is 1.38. The van der Waals surface area contributed by atoms with Gasteiger partial charge in [0, 0.05) is 13.0 Å². The number of amides is 2. The topological polar surface area (TPSA) is 81.4 Å². The molecule has 2 aromatic carbocycles. The monoisotopic (exact) mass is 286 g/mol. The summed E-state index contributed by atoms with van der Waals surface area (Å²) < 4.78 is 5.22. The van der Waals surface area contributed by atoms with E-state index in [2.05, 4.69) is 5.32 Å². The minimum absolute atomic E-state index is 0.133. The second-order valence-electron chi connectivity index (χ2n) is 4.75. The largest absolute Gasteiger partial charge is 0.497 e. The van der Waals surface area contributed by atoms with E-state index in [1.807, 2.05) is 36.4 Å². The molecule has 0 saturated heterocycles. The number of hydrogen-bond acceptors (Lipinski definition) is 3. The molecular weight excluding hydrogens is 268 g/mol. The van der Waals surface area contributed by atoms with Crippen LogP contribution in [-0.4, -0.2) is 25.5 Å². The van der Waals surface area contributed by atoms with E-state index < -0.39 is 5.91 Å². The van der Waals surface area contributed by atoms with Gasteiger partial charge < -0.3 is 15.8 Å². The molecule has 0 spiro atoms. The quantitative estimate of drug-likeness (QED) is 0.841. The molecule has 0 unspecified atom stereocenters. The molecule has 0 aromatic heterocycles. The van der Waals surface area contributed by atoms with Crippen molar-refractivity contribution < 1.29 is 14.3 Å². The standard InChI is InChI=1S/C16H18N2O3/c1-21-13-6-5-11-3-2-4-12(14(11)10-13)9-16(20)18-8-7-15(17)19/h2-6,10H,7-9H2,1H3,(H2,17,19)(H,18,20). The second-order valence-corrected chi connectivity index (χ2v) is 4.75. The number of hydrogen-bond donors (Lipinski definition) is 2. The highest BCUT2D eigenvalue weighted by Crippen LogP contribution is 2.24. The molecule has 21 heavy (non-hydrogen) atoms. The van der Waals surface area contributed by atoms with Gasteiger partial charge in [0.1, 0.15) is 5.75 Å². The van der Waals surface area contributed by atoms with Crippen LogP contribution in [0.25, 0.3) is 10.8 Å². The van der Waals surface area contributed by atoms with E-state index in [1.54, 1.807) is 7.11 Å². The Hall–Kier alpha value is -2.56. The number of primary amides is 1. The van der Waals surface area contributed by atoms with Crippen molar-refractivity contribution in [1.82, 2.24) is 5.32 Å². The molecule has 3 N–H and O–H groups in total. The molecular formula is C16H18N2O3. The summed E-state index contributed by atoms with van der Waals surface area (Å²) in [7, 11) is 1.61. The van der Waals surface area contributed by atoms with Crippen LogP contribution in [0.3, 0.4) is 0 Å². The lowest BCUT2D eigenvalue weighted by Crippen LogP contribution is -2.29. The Balaban J connectivity index is 2.14. The molecule has 0 atom stereocenters. The first-order valence-electron chi connectivity index (χ1n) is 6.71. The van der Waals surface area contributed by atoms with E-state index in [1.165, 1.54) is 0 Å². The average Bonchev–Trinajstić information content (AvgIpc) is 2.46. The molecule has 0 aliphatic carbocycles. The molecule has 0 radical (unpaired) electrons. The van der Waals surface area contributed by atoms with Crippen molar-refractivity contribution in [3.63, 3.8) is 0 Å². The Morgan fingerprint density at radius 1 is 1.24 bits per heavy atom. The highest BCUT2D eigenvalue weighted by atomic mass is 16.5. The van der Waals surface area contributed by atoms with Gasteiger partial charge >= 0.3 is 0 Å². The van der Waals surface area contributed by atoms with Gasteiger partial charge in [0.25, 0.3) is 0 Å². The third kappa shape index (κ3) is 3.95. The number of carbonyl (C=O) groups excluding carboxylic acids is 2. The normalized spacial score (nSPS) is 10.3. The van der Waals surface area contributed by atoms with Crippen molar-refractivity contribution in [2.45, 2.75) is 12.8 Å². The number of carbonyl (C=O) groups is 2. The highest BCUT2D eigenvalue weighted by molar-refractivity contribution is 5.91. The Kier molecular flexibility index (Phi) is 4.77. The lowest BCUT2D eigenvalue weighted by atomic mass is 10.0. The molecule has 0 bridgehead atoms. The van der Waals surface area contributed by atoms with E-state index in [-0.39, 0.29) is 25.3 Å².